The number of nitrogens with one attached hydrogen (secondary N) is 1. The summed E-state index contributed by atoms with van der Waals surface area (Å²) in [6, 6.07) is 3.46. The molecule has 0 unspecified atom stereocenters. The molecule has 1 atom stereocenters. The molecule has 5 amide bonds. The van der Waals surface area contributed by atoms with Crippen LogP contribution in [0.4, 0.5) is 4.79 Å². The molecule has 0 aromatic heterocycles. The number of aromatic hydroxyl groups is 1. The van der Waals surface area contributed by atoms with Gasteiger partial charge in [0.25, 0.3) is 0 Å². The Bertz CT molecular complexity index is 673. The Kier molecular flexibility index (Phi) is 5.02. The van der Waals surface area contributed by atoms with Gasteiger partial charge in [-0.2, -0.15) is 0 Å². The van der Waals surface area contributed by atoms with Crippen LogP contribution in [0.3, 0.4) is 0 Å². The molecule has 1 aromatic carbocycles. The second-order valence-corrected chi connectivity index (χ2v) is 5.22. The fourth-order valence-corrected chi connectivity index (χ4v) is 2.36. The first-order chi connectivity index (χ1) is 11.3. The van der Waals surface area contributed by atoms with Crippen molar-refractivity contribution in [3.8, 4) is 5.75 Å². The summed E-state index contributed by atoms with van der Waals surface area (Å²) in [5.74, 6) is -2.56. The van der Waals surface area contributed by atoms with Crippen molar-refractivity contribution in [1.82, 2.24) is 15.1 Å². The van der Waals surface area contributed by atoms with Crippen molar-refractivity contribution in [2.24, 2.45) is 5.73 Å². The van der Waals surface area contributed by atoms with E-state index in [2.05, 4.69) is 5.32 Å². The molecule has 4 N–H and O–H groups in total. The van der Waals surface area contributed by atoms with Gasteiger partial charge in [-0.1, -0.05) is 12.1 Å². The molecule has 1 aliphatic rings. The molecule has 0 aliphatic carbocycles. The molecule has 9 heteroatoms. The van der Waals surface area contributed by atoms with E-state index in [-0.39, 0.29) is 18.8 Å². The number of nitrogens with two attached hydrogens (primary N) is 1. The third-order valence-corrected chi connectivity index (χ3v) is 3.71. The van der Waals surface area contributed by atoms with Gasteiger partial charge in [0.2, 0.25) is 5.91 Å². The van der Waals surface area contributed by atoms with Gasteiger partial charge in [-0.15, -0.1) is 0 Å². The summed E-state index contributed by atoms with van der Waals surface area (Å²) in [5.41, 5.74) is 5.64. The van der Waals surface area contributed by atoms with Crippen LogP contribution in [0.1, 0.15) is 18.5 Å². The number of phenols is 1. The third-order valence-electron chi connectivity index (χ3n) is 3.71. The zero-order chi connectivity index (χ0) is 17.9. The lowest BCUT2D eigenvalue weighted by Gasteiger charge is -2.32. The number of amides is 5. The Balaban J connectivity index is 2.14. The number of urea groups is 1. The number of rotatable bonds is 4. The van der Waals surface area contributed by atoms with Crippen molar-refractivity contribution in [3.05, 3.63) is 29.8 Å². The monoisotopic (exact) mass is 334 g/mol. The Morgan fingerprint density at radius 3 is 2.38 bits per heavy atom. The van der Waals surface area contributed by atoms with E-state index >= 15 is 0 Å². The van der Waals surface area contributed by atoms with Crippen LogP contribution in [0.15, 0.2) is 24.3 Å². The SMILES string of the molecule is CCN1CCN(C(=O)N[C@@H](C(N)=O)c2ccc(O)cc2)C(=O)C1=O. The first-order valence-electron chi connectivity index (χ1n) is 7.34. The van der Waals surface area contributed by atoms with E-state index in [1.807, 2.05) is 0 Å². The molecule has 0 saturated carbocycles. The van der Waals surface area contributed by atoms with Crippen LogP contribution in [0.5, 0.6) is 5.75 Å². The van der Waals surface area contributed by atoms with Crippen molar-refractivity contribution < 1.29 is 24.3 Å². The maximum Gasteiger partial charge on any atom is 0.325 e. The molecular formula is C15H18N4O5. The van der Waals surface area contributed by atoms with E-state index in [1.54, 1.807) is 6.92 Å². The molecule has 128 valence electrons. The van der Waals surface area contributed by atoms with Crippen molar-refractivity contribution in [2.75, 3.05) is 19.6 Å². The topological polar surface area (TPSA) is 133 Å². The second kappa shape index (κ2) is 6.99. The van der Waals surface area contributed by atoms with Crippen molar-refractivity contribution >= 4 is 23.8 Å². The zero-order valence-electron chi connectivity index (χ0n) is 13.1. The Labute approximate surface area is 138 Å². The van der Waals surface area contributed by atoms with E-state index in [0.29, 0.717) is 12.1 Å². The predicted molar refractivity (Wildman–Crippen MR) is 82.5 cm³/mol. The summed E-state index contributed by atoms with van der Waals surface area (Å²) in [4.78, 5) is 49.8. The highest BCUT2D eigenvalue weighted by atomic mass is 16.3. The lowest BCUT2D eigenvalue weighted by Crippen LogP contribution is -2.58. The summed E-state index contributed by atoms with van der Waals surface area (Å²) >= 11 is 0. The van der Waals surface area contributed by atoms with Crippen LogP contribution in [0.2, 0.25) is 0 Å². The summed E-state index contributed by atoms with van der Waals surface area (Å²) in [5, 5.41) is 11.6. The fraction of sp³-hybridized carbons (Fsp3) is 0.333. The van der Waals surface area contributed by atoms with Gasteiger partial charge in [0.15, 0.2) is 0 Å². The molecule has 1 aliphatic heterocycles. The number of likely N-dealkylation sites (N-methyl/N-ethyl adjacent to an activating group) is 1. The minimum absolute atomic E-state index is 0.00948. The highest BCUT2D eigenvalue weighted by Crippen LogP contribution is 2.17. The maximum absolute atomic E-state index is 12.3. The Hall–Kier alpha value is -3.10. The molecular weight excluding hydrogens is 316 g/mol. The fourth-order valence-electron chi connectivity index (χ4n) is 2.36. The lowest BCUT2D eigenvalue weighted by atomic mass is 10.1. The van der Waals surface area contributed by atoms with Gasteiger partial charge in [-0.05, 0) is 24.6 Å². The number of carbonyl (C=O) groups is 4. The van der Waals surface area contributed by atoms with E-state index in [4.69, 9.17) is 5.73 Å². The minimum atomic E-state index is -1.19. The molecule has 9 nitrogen and oxygen atoms in total. The normalized spacial score (nSPS) is 16.0. The average Bonchev–Trinajstić information content (AvgIpc) is 2.55. The zero-order valence-corrected chi connectivity index (χ0v) is 13.1. The largest absolute Gasteiger partial charge is 0.508 e. The number of phenolic OH excluding ortho intramolecular Hbond substituents is 1. The number of nitrogens with zero attached hydrogens (tertiary/aromatic N) is 2. The molecule has 1 saturated heterocycles. The average molecular weight is 334 g/mol. The van der Waals surface area contributed by atoms with E-state index in [9.17, 15) is 24.3 Å². The van der Waals surface area contributed by atoms with Crippen LogP contribution >= 0.6 is 0 Å². The second-order valence-electron chi connectivity index (χ2n) is 5.22. The van der Waals surface area contributed by atoms with Crippen LogP contribution in [0.25, 0.3) is 0 Å². The van der Waals surface area contributed by atoms with Crippen LogP contribution < -0.4 is 11.1 Å². The lowest BCUT2D eigenvalue weighted by molar-refractivity contribution is -0.153. The highest BCUT2D eigenvalue weighted by Gasteiger charge is 2.36. The van der Waals surface area contributed by atoms with Crippen LogP contribution in [-0.4, -0.2) is 58.3 Å². The number of piperazine rings is 1. The first kappa shape index (κ1) is 17.3. The number of benzene rings is 1. The maximum atomic E-state index is 12.3. The Morgan fingerprint density at radius 1 is 1.21 bits per heavy atom. The van der Waals surface area contributed by atoms with Crippen molar-refractivity contribution in [1.29, 1.82) is 0 Å². The number of hydrogen-bond donors (Lipinski definition) is 3. The summed E-state index contributed by atoms with van der Waals surface area (Å²) in [6.07, 6.45) is 0. The summed E-state index contributed by atoms with van der Waals surface area (Å²) < 4.78 is 0. The standard InChI is InChI=1S/C15H18N4O5/c1-2-18-7-8-19(14(23)13(18)22)15(24)17-11(12(16)21)9-3-5-10(20)6-4-9/h3-6,11,20H,2,7-8H2,1H3,(H2,16,21)(H,17,24)/t11-/m1/s1. The van der Waals surface area contributed by atoms with Crippen molar-refractivity contribution in [2.45, 2.75) is 13.0 Å². The van der Waals surface area contributed by atoms with Gasteiger partial charge >= 0.3 is 17.8 Å². The van der Waals surface area contributed by atoms with Gasteiger partial charge in [0, 0.05) is 19.6 Å². The summed E-state index contributed by atoms with van der Waals surface area (Å²) in [7, 11) is 0. The third kappa shape index (κ3) is 3.45. The molecule has 1 heterocycles. The first-order valence-corrected chi connectivity index (χ1v) is 7.34. The predicted octanol–water partition coefficient (Wildman–Crippen LogP) is -0.681. The van der Waals surface area contributed by atoms with E-state index < -0.39 is 29.8 Å². The molecule has 1 aromatic rings. The van der Waals surface area contributed by atoms with Crippen molar-refractivity contribution in [3.63, 3.8) is 0 Å². The molecule has 1 fully saturated rings. The smallest absolute Gasteiger partial charge is 0.325 e. The Morgan fingerprint density at radius 2 is 1.83 bits per heavy atom. The number of primary amides is 1. The minimum Gasteiger partial charge on any atom is -0.508 e. The molecule has 0 spiro atoms. The summed E-state index contributed by atoms with van der Waals surface area (Å²) in [6.45, 7) is 2.37. The highest BCUT2D eigenvalue weighted by molar-refractivity contribution is 6.38. The van der Waals surface area contributed by atoms with E-state index in [1.165, 1.54) is 29.2 Å². The molecule has 0 bridgehead atoms. The molecule has 0 radical (unpaired) electrons. The number of imide groups is 1. The van der Waals surface area contributed by atoms with Gasteiger partial charge in [-0.25, -0.2) is 4.79 Å². The van der Waals surface area contributed by atoms with Gasteiger partial charge in [0.1, 0.15) is 11.8 Å². The van der Waals surface area contributed by atoms with Gasteiger partial charge in [-0.3, -0.25) is 19.3 Å². The van der Waals surface area contributed by atoms with E-state index in [0.717, 1.165) is 4.90 Å². The van der Waals surface area contributed by atoms with Gasteiger partial charge in [0.05, 0.1) is 0 Å². The van der Waals surface area contributed by atoms with Crippen LogP contribution in [0, 0.1) is 0 Å². The molecule has 2 rings (SSSR count). The number of carbonyl (C=O) groups excluding carboxylic acids is 4. The van der Waals surface area contributed by atoms with Gasteiger partial charge < -0.3 is 21.1 Å². The van der Waals surface area contributed by atoms with Crippen LogP contribution in [-0.2, 0) is 14.4 Å². The molecule has 24 heavy (non-hydrogen) atoms. The number of hydrogen-bond acceptors (Lipinski definition) is 5. The quantitative estimate of drug-likeness (QED) is 0.627.